The van der Waals surface area contributed by atoms with Crippen molar-refractivity contribution < 1.29 is 20.1 Å². The summed E-state index contributed by atoms with van der Waals surface area (Å²) in [6, 6.07) is 0. The van der Waals surface area contributed by atoms with Gasteiger partial charge in [0.2, 0.25) is 0 Å². The lowest BCUT2D eigenvalue weighted by Gasteiger charge is -2.39. The third kappa shape index (κ3) is 2.45. The van der Waals surface area contributed by atoms with Crippen LogP contribution in [0.3, 0.4) is 0 Å². The predicted molar refractivity (Wildman–Crippen MR) is 51.9 cm³/mol. The quantitative estimate of drug-likeness (QED) is 0.607. The van der Waals surface area contributed by atoms with E-state index in [4.69, 9.17) is 4.74 Å². The highest BCUT2D eigenvalue weighted by Gasteiger charge is 2.40. The Morgan fingerprint density at radius 2 is 1.71 bits per heavy atom. The molecule has 4 nitrogen and oxygen atoms in total. The van der Waals surface area contributed by atoms with Gasteiger partial charge in [-0.15, -0.1) is 0 Å². The second kappa shape index (κ2) is 5.07. The Bertz CT molecular complexity index is 174. The van der Waals surface area contributed by atoms with Gasteiger partial charge in [0, 0.05) is 0 Å². The largest absolute Gasteiger partial charge is 0.388 e. The van der Waals surface area contributed by atoms with Crippen molar-refractivity contribution in [3.63, 3.8) is 0 Å². The van der Waals surface area contributed by atoms with Crippen LogP contribution in [-0.4, -0.2) is 45.8 Å². The van der Waals surface area contributed by atoms with E-state index in [1.165, 1.54) is 0 Å². The van der Waals surface area contributed by atoms with Gasteiger partial charge in [-0.3, -0.25) is 0 Å². The first-order chi connectivity index (χ1) is 6.57. The minimum Gasteiger partial charge on any atom is -0.388 e. The van der Waals surface area contributed by atoms with E-state index in [1.807, 2.05) is 0 Å². The van der Waals surface area contributed by atoms with Crippen LogP contribution < -0.4 is 0 Å². The Kier molecular flexibility index (Phi) is 4.31. The van der Waals surface area contributed by atoms with E-state index in [0.717, 1.165) is 19.3 Å². The summed E-state index contributed by atoms with van der Waals surface area (Å²) in [6.07, 6.45) is -1.07. The standard InChI is InChI=1S/C10H20O4/c1-3-4-5-7-9(12)10(13)8(11)6(2)14-7/h6-13H,3-5H2,1-2H3/t6-,7?,8+,9+,10+/m0/s1. The second-order valence-electron chi connectivity index (χ2n) is 3.99. The van der Waals surface area contributed by atoms with Crippen LogP contribution in [0.4, 0.5) is 0 Å². The highest BCUT2D eigenvalue weighted by molar-refractivity contribution is 4.90. The topological polar surface area (TPSA) is 69.9 Å². The number of hydrogen-bond acceptors (Lipinski definition) is 4. The van der Waals surface area contributed by atoms with Gasteiger partial charge < -0.3 is 20.1 Å². The Balaban J connectivity index is 2.52. The van der Waals surface area contributed by atoms with Crippen LogP contribution in [0.1, 0.15) is 33.1 Å². The molecule has 14 heavy (non-hydrogen) atoms. The fourth-order valence-corrected chi connectivity index (χ4v) is 1.78. The molecular weight excluding hydrogens is 184 g/mol. The van der Waals surface area contributed by atoms with Crippen molar-refractivity contribution in [2.45, 2.75) is 63.6 Å². The van der Waals surface area contributed by atoms with Crippen molar-refractivity contribution in [1.82, 2.24) is 0 Å². The van der Waals surface area contributed by atoms with Crippen LogP contribution in [-0.2, 0) is 4.74 Å². The fourth-order valence-electron chi connectivity index (χ4n) is 1.78. The monoisotopic (exact) mass is 204 g/mol. The number of ether oxygens (including phenoxy) is 1. The molecule has 1 rings (SSSR count). The van der Waals surface area contributed by atoms with Gasteiger partial charge in [0.1, 0.15) is 18.3 Å². The Hall–Kier alpha value is -0.160. The summed E-state index contributed by atoms with van der Waals surface area (Å²) in [4.78, 5) is 0. The van der Waals surface area contributed by atoms with E-state index in [0.29, 0.717) is 0 Å². The zero-order chi connectivity index (χ0) is 10.7. The zero-order valence-corrected chi connectivity index (χ0v) is 8.76. The summed E-state index contributed by atoms with van der Waals surface area (Å²) < 4.78 is 5.42. The molecule has 1 unspecified atom stereocenters. The molecule has 1 heterocycles. The lowest BCUT2D eigenvalue weighted by Crippen LogP contribution is -2.56. The molecule has 0 spiro atoms. The highest BCUT2D eigenvalue weighted by atomic mass is 16.5. The molecule has 4 heteroatoms. The van der Waals surface area contributed by atoms with Gasteiger partial charge in [-0.25, -0.2) is 0 Å². The maximum atomic E-state index is 9.62. The van der Waals surface area contributed by atoms with Gasteiger partial charge in [-0.2, -0.15) is 0 Å². The highest BCUT2D eigenvalue weighted by Crippen LogP contribution is 2.23. The number of rotatable bonds is 3. The molecule has 1 aliphatic heterocycles. The SMILES string of the molecule is CCCCC1O[C@@H](C)[C@@H](O)[C@@H](O)[C@@H]1O. The fraction of sp³-hybridized carbons (Fsp3) is 1.00. The van der Waals surface area contributed by atoms with Gasteiger partial charge in [0.15, 0.2) is 0 Å². The van der Waals surface area contributed by atoms with Gasteiger partial charge in [-0.1, -0.05) is 19.8 Å². The van der Waals surface area contributed by atoms with Gasteiger partial charge in [0.05, 0.1) is 12.2 Å². The maximum Gasteiger partial charge on any atom is 0.111 e. The minimum atomic E-state index is -1.08. The summed E-state index contributed by atoms with van der Waals surface area (Å²) in [5, 5.41) is 28.5. The molecule has 3 N–H and O–H groups in total. The smallest absolute Gasteiger partial charge is 0.111 e. The summed E-state index contributed by atoms with van der Waals surface area (Å²) in [5.74, 6) is 0. The maximum absolute atomic E-state index is 9.62. The molecule has 5 atom stereocenters. The molecule has 0 aliphatic carbocycles. The normalized spacial score (nSPS) is 43.9. The number of aliphatic hydroxyl groups is 3. The van der Waals surface area contributed by atoms with Crippen LogP contribution in [0.15, 0.2) is 0 Å². The van der Waals surface area contributed by atoms with Crippen molar-refractivity contribution in [3.05, 3.63) is 0 Å². The van der Waals surface area contributed by atoms with Gasteiger partial charge in [-0.05, 0) is 13.3 Å². The molecule has 0 saturated carbocycles. The summed E-state index contributed by atoms with van der Waals surface area (Å²) in [5.41, 5.74) is 0. The van der Waals surface area contributed by atoms with E-state index in [2.05, 4.69) is 6.92 Å². The van der Waals surface area contributed by atoms with E-state index in [-0.39, 0.29) is 6.10 Å². The molecule has 0 radical (unpaired) electrons. The lowest BCUT2D eigenvalue weighted by atomic mass is 9.93. The number of hydrogen-bond donors (Lipinski definition) is 3. The molecule has 1 saturated heterocycles. The van der Waals surface area contributed by atoms with Crippen molar-refractivity contribution in [2.75, 3.05) is 0 Å². The molecule has 0 amide bonds. The average Bonchev–Trinajstić information content (AvgIpc) is 2.18. The van der Waals surface area contributed by atoms with E-state index < -0.39 is 24.4 Å². The lowest BCUT2D eigenvalue weighted by molar-refractivity contribution is -0.218. The Morgan fingerprint density at radius 3 is 2.29 bits per heavy atom. The van der Waals surface area contributed by atoms with Gasteiger partial charge >= 0.3 is 0 Å². The van der Waals surface area contributed by atoms with E-state index >= 15 is 0 Å². The summed E-state index contributed by atoms with van der Waals surface area (Å²) in [7, 11) is 0. The van der Waals surface area contributed by atoms with Crippen LogP contribution in [0.2, 0.25) is 0 Å². The van der Waals surface area contributed by atoms with Crippen LogP contribution in [0.5, 0.6) is 0 Å². The Labute approximate surface area is 84.5 Å². The first kappa shape index (κ1) is 11.9. The number of aliphatic hydroxyl groups excluding tert-OH is 3. The Morgan fingerprint density at radius 1 is 1.07 bits per heavy atom. The molecule has 84 valence electrons. The molecule has 0 aromatic heterocycles. The van der Waals surface area contributed by atoms with Crippen molar-refractivity contribution >= 4 is 0 Å². The summed E-state index contributed by atoms with van der Waals surface area (Å²) >= 11 is 0. The third-order valence-electron chi connectivity index (χ3n) is 2.79. The second-order valence-corrected chi connectivity index (χ2v) is 3.99. The zero-order valence-electron chi connectivity index (χ0n) is 8.76. The van der Waals surface area contributed by atoms with Crippen LogP contribution in [0.25, 0.3) is 0 Å². The van der Waals surface area contributed by atoms with Crippen molar-refractivity contribution in [2.24, 2.45) is 0 Å². The van der Waals surface area contributed by atoms with Gasteiger partial charge in [0.25, 0.3) is 0 Å². The molecule has 0 aromatic rings. The van der Waals surface area contributed by atoms with Crippen molar-refractivity contribution in [1.29, 1.82) is 0 Å². The molecule has 0 bridgehead atoms. The molecule has 1 aliphatic rings. The predicted octanol–water partition coefficient (Wildman–Crippen LogP) is 0.0466. The number of unbranched alkanes of at least 4 members (excludes halogenated alkanes) is 1. The van der Waals surface area contributed by atoms with Crippen molar-refractivity contribution in [3.8, 4) is 0 Å². The molecule has 1 fully saturated rings. The average molecular weight is 204 g/mol. The van der Waals surface area contributed by atoms with E-state index in [9.17, 15) is 15.3 Å². The minimum absolute atomic E-state index is 0.344. The van der Waals surface area contributed by atoms with E-state index in [1.54, 1.807) is 6.92 Å². The van der Waals surface area contributed by atoms with Crippen LogP contribution >= 0.6 is 0 Å². The molecule has 0 aromatic carbocycles. The third-order valence-corrected chi connectivity index (χ3v) is 2.79. The summed E-state index contributed by atoms with van der Waals surface area (Å²) in [6.45, 7) is 3.77. The first-order valence-electron chi connectivity index (χ1n) is 5.27. The molecular formula is C10H20O4. The first-order valence-corrected chi connectivity index (χ1v) is 5.27. The van der Waals surface area contributed by atoms with Crippen LogP contribution in [0, 0.1) is 0 Å².